The van der Waals surface area contributed by atoms with E-state index in [1.54, 1.807) is 6.20 Å². The van der Waals surface area contributed by atoms with Crippen molar-refractivity contribution in [3.63, 3.8) is 0 Å². The molecule has 0 radical (unpaired) electrons. The van der Waals surface area contributed by atoms with Crippen LogP contribution in [0.2, 0.25) is 0 Å². The van der Waals surface area contributed by atoms with Crippen LogP contribution in [0.5, 0.6) is 5.75 Å². The van der Waals surface area contributed by atoms with Crippen molar-refractivity contribution in [3.8, 4) is 5.75 Å². The topological polar surface area (TPSA) is 63.7 Å². The Balaban J connectivity index is 1.54. The normalized spacial score (nSPS) is 14.2. The Morgan fingerprint density at radius 1 is 1.20 bits per heavy atom. The molecule has 0 bridgehead atoms. The van der Waals surface area contributed by atoms with Gasteiger partial charge in [-0.1, -0.05) is 18.2 Å². The van der Waals surface area contributed by atoms with Crippen LogP contribution in [-0.2, 0) is 9.53 Å². The number of ether oxygens (including phenoxy) is 2. The van der Waals surface area contributed by atoms with Crippen molar-refractivity contribution in [2.45, 2.75) is 13.8 Å². The molecule has 2 aromatic rings. The maximum absolute atomic E-state index is 12.1. The van der Waals surface area contributed by atoms with Gasteiger partial charge in [0.2, 0.25) is 0 Å². The molecule has 3 rings (SSSR count). The van der Waals surface area contributed by atoms with Crippen molar-refractivity contribution in [1.82, 2.24) is 4.98 Å². The molecule has 1 fully saturated rings. The zero-order valence-electron chi connectivity index (χ0n) is 14.6. The lowest BCUT2D eigenvalue weighted by molar-refractivity contribution is -0.118. The molecule has 1 aliphatic rings. The summed E-state index contributed by atoms with van der Waals surface area (Å²) < 4.78 is 11.0. The molecular weight excluding hydrogens is 318 g/mol. The van der Waals surface area contributed by atoms with Crippen LogP contribution in [0.15, 0.2) is 36.5 Å². The lowest BCUT2D eigenvalue weighted by atomic mass is 10.1. The summed E-state index contributed by atoms with van der Waals surface area (Å²) in [7, 11) is 0. The van der Waals surface area contributed by atoms with Crippen LogP contribution >= 0.6 is 0 Å². The van der Waals surface area contributed by atoms with Crippen molar-refractivity contribution in [2.75, 3.05) is 43.1 Å². The maximum atomic E-state index is 12.1. The van der Waals surface area contributed by atoms with E-state index in [0.717, 1.165) is 48.9 Å². The number of carbonyl (C=O) groups excluding carboxylic acids is 1. The Labute approximate surface area is 147 Å². The molecule has 0 saturated carbocycles. The molecule has 132 valence electrons. The number of amides is 1. The molecular formula is C19H23N3O3. The Kier molecular flexibility index (Phi) is 5.50. The van der Waals surface area contributed by atoms with Crippen LogP contribution in [0.3, 0.4) is 0 Å². The Morgan fingerprint density at radius 3 is 2.56 bits per heavy atom. The third-order valence-electron chi connectivity index (χ3n) is 4.15. The average Bonchev–Trinajstić information content (AvgIpc) is 2.63. The SMILES string of the molecule is Cc1cccc(C)c1OCC(=O)Nc1ccc(N2CCOCC2)cn1. The van der Waals surface area contributed by atoms with Crippen molar-refractivity contribution < 1.29 is 14.3 Å². The van der Waals surface area contributed by atoms with E-state index in [1.807, 2.05) is 44.2 Å². The molecule has 2 heterocycles. The molecule has 0 atom stereocenters. The van der Waals surface area contributed by atoms with Crippen molar-refractivity contribution in [1.29, 1.82) is 0 Å². The van der Waals surface area contributed by atoms with Gasteiger partial charge in [0, 0.05) is 13.1 Å². The molecule has 25 heavy (non-hydrogen) atoms. The van der Waals surface area contributed by atoms with Gasteiger partial charge in [-0.25, -0.2) is 4.98 Å². The molecule has 1 saturated heterocycles. The van der Waals surface area contributed by atoms with Gasteiger partial charge in [-0.3, -0.25) is 4.79 Å². The van der Waals surface area contributed by atoms with Crippen LogP contribution in [0.25, 0.3) is 0 Å². The van der Waals surface area contributed by atoms with E-state index in [-0.39, 0.29) is 12.5 Å². The van der Waals surface area contributed by atoms with Gasteiger partial charge in [0.1, 0.15) is 11.6 Å². The quantitative estimate of drug-likeness (QED) is 0.905. The van der Waals surface area contributed by atoms with Gasteiger partial charge >= 0.3 is 0 Å². The van der Waals surface area contributed by atoms with Crippen molar-refractivity contribution >= 4 is 17.4 Å². The predicted molar refractivity (Wildman–Crippen MR) is 97.3 cm³/mol. The number of para-hydroxylation sites is 1. The number of anilines is 2. The number of aromatic nitrogens is 1. The summed E-state index contributed by atoms with van der Waals surface area (Å²) >= 11 is 0. The summed E-state index contributed by atoms with van der Waals surface area (Å²) in [5.41, 5.74) is 3.06. The summed E-state index contributed by atoms with van der Waals surface area (Å²) in [6, 6.07) is 9.66. The highest BCUT2D eigenvalue weighted by atomic mass is 16.5. The first-order valence-corrected chi connectivity index (χ1v) is 8.41. The molecule has 0 unspecified atom stereocenters. The minimum Gasteiger partial charge on any atom is -0.483 e. The number of nitrogens with zero attached hydrogens (tertiary/aromatic N) is 2. The van der Waals surface area contributed by atoms with E-state index >= 15 is 0 Å². The van der Waals surface area contributed by atoms with Gasteiger partial charge in [-0.05, 0) is 37.1 Å². The lowest BCUT2D eigenvalue weighted by Gasteiger charge is -2.28. The highest BCUT2D eigenvalue weighted by Crippen LogP contribution is 2.22. The first kappa shape index (κ1) is 17.2. The molecule has 6 nitrogen and oxygen atoms in total. The predicted octanol–water partition coefficient (Wildman–Crippen LogP) is 2.55. The fraction of sp³-hybridized carbons (Fsp3) is 0.368. The Hall–Kier alpha value is -2.60. The van der Waals surface area contributed by atoms with Crippen molar-refractivity contribution in [3.05, 3.63) is 47.7 Å². The first-order valence-electron chi connectivity index (χ1n) is 8.41. The second-order valence-electron chi connectivity index (χ2n) is 6.06. The third kappa shape index (κ3) is 4.48. The summed E-state index contributed by atoms with van der Waals surface area (Å²) in [5.74, 6) is 1.05. The molecule has 1 aliphatic heterocycles. The fourth-order valence-corrected chi connectivity index (χ4v) is 2.81. The largest absolute Gasteiger partial charge is 0.483 e. The Morgan fingerprint density at radius 2 is 1.92 bits per heavy atom. The van der Waals surface area contributed by atoms with E-state index in [4.69, 9.17) is 9.47 Å². The number of benzene rings is 1. The standard InChI is InChI=1S/C19H23N3O3/c1-14-4-3-5-15(2)19(14)25-13-18(23)21-17-7-6-16(12-20-17)22-8-10-24-11-9-22/h3-7,12H,8-11,13H2,1-2H3,(H,20,21,23). The number of nitrogens with one attached hydrogen (secondary N) is 1. The van der Waals surface area contributed by atoms with Crippen LogP contribution in [-0.4, -0.2) is 43.8 Å². The third-order valence-corrected chi connectivity index (χ3v) is 4.15. The molecule has 0 spiro atoms. The molecule has 0 aliphatic carbocycles. The van der Waals surface area contributed by atoms with Crippen LogP contribution in [0, 0.1) is 13.8 Å². The molecule has 1 aromatic heterocycles. The van der Waals surface area contributed by atoms with E-state index in [9.17, 15) is 4.79 Å². The fourth-order valence-electron chi connectivity index (χ4n) is 2.81. The summed E-state index contributed by atoms with van der Waals surface area (Å²) in [5, 5.41) is 2.76. The smallest absolute Gasteiger partial charge is 0.263 e. The van der Waals surface area contributed by atoms with Crippen LogP contribution < -0.4 is 15.0 Å². The van der Waals surface area contributed by atoms with Gasteiger partial charge in [-0.2, -0.15) is 0 Å². The summed E-state index contributed by atoms with van der Waals surface area (Å²) in [6.45, 7) is 7.06. The van der Waals surface area contributed by atoms with Gasteiger partial charge in [0.05, 0.1) is 25.1 Å². The van der Waals surface area contributed by atoms with Gasteiger partial charge < -0.3 is 19.7 Å². The first-order chi connectivity index (χ1) is 12.1. The van der Waals surface area contributed by atoms with Crippen LogP contribution in [0.1, 0.15) is 11.1 Å². The molecule has 6 heteroatoms. The highest BCUT2D eigenvalue weighted by Gasteiger charge is 2.12. The number of morpholine rings is 1. The van der Waals surface area contributed by atoms with E-state index in [2.05, 4.69) is 15.2 Å². The number of hydrogen-bond donors (Lipinski definition) is 1. The summed E-state index contributed by atoms with van der Waals surface area (Å²) in [4.78, 5) is 18.6. The number of rotatable bonds is 5. The van der Waals surface area contributed by atoms with Gasteiger partial charge in [-0.15, -0.1) is 0 Å². The highest BCUT2D eigenvalue weighted by molar-refractivity contribution is 5.91. The average molecular weight is 341 g/mol. The Bertz CT molecular complexity index is 705. The van der Waals surface area contributed by atoms with E-state index < -0.39 is 0 Å². The van der Waals surface area contributed by atoms with Crippen LogP contribution in [0.4, 0.5) is 11.5 Å². The minimum absolute atomic E-state index is 0.0431. The molecule has 1 N–H and O–H groups in total. The van der Waals surface area contributed by atoms with Crippen molar-refractivity contribution in [2.24, 2.45) is 0 Å². The zero-order chi connectivity index (χ0) is 17.6. The number of carbonyl (C=O) groups is 1. The van der Waals surface area contributed by atoms with Gasteiger partial charge in [0.25, 0.3) is 5.91 Å². The number of aryl methyl sites for hydroxylation is 2. The minimum atomic E-state index is -0.228. The number of pyridine rings is 1. The van der Waals surface area contributed by atoms with Gasteiger partial charge in [0.15, 0.2) is 6.61 Å². The van der Waals surface area contributed by atoms with E-state index in [1.165, 1.54) is 0 Å². The molecule has 1 aromatic carbocycles. The van der Waals surface area contributed by atoms with E-state index in [0.29, 0.717) is 5.82 Å². The number of hydrogen-bond acceptors (Lipinski definition) is 5. The summed E-state index contributed by atoms with van der Waals surface area (Å²) in [6.07, 6.45) is 1.77. The maximum Gasteiger partial charge on any atom is 0.263 e. The molecule has 1 amide bonds. The lowest BCUT2D eigenvalue weighted by Crippen LogP contribution is -2.36. The second-order valence-corrected chi connectivity index (χ2v) is 6.06. The monoisotopic (exact) mass is 341 g/mol. The zero-order valence-corrected chi connectivity index (χ0v) is 14.6. The second kappa shape index (κ2) is 7.98.